The highest BCUT2D eigenvalue weighted by Gasteiger charge is 2.20. The maximum Gasteiger partial charge on any atom is 0.259 e. The summed E-state index contributed by atoms with van der Waals surface area (Å²) in [4.78, 5) is 33.9. The third kappa shape index (κ3) is 4.79. The van der Waals surface area contributed by atoms with Gasteiger partial charge in [0.15, 0.2) is 0 Å². The lowest BCUT2D eigenvalue weighted by molar-refractivity contribution is -0.121. The van der Waals surface area contributed by atoms with Crippen LogP contribution >= 0.6 is 35.5 Å². The number of H-pyrrole nitrogens is 1. The Morgan fingerprint density at radius 1 is 1.46 bits per heavy atom. The van der Waals surface area contributed by atoms with Gasteiger partial charge in [-0.25, -0.2) is 4.98 Å². The van der Waals surface area contributed by atoms with Crippen LogP contribution in [-0.2, 0) is 10.5 Å². The second-order valence-corrected chi connectivity index (χ2v) is 9.01. The molecular formula is C17H25ClN4O2S2. The van der Waals surface area contributed by atoms with E-state index >= 15 is 0 Å². The van der Waals surface area contributed by atoms with Crippen LogP contribution in [0.25, 0.3) is 10.2 Å². The number of nitrogens with one attached hydrogen (secondary N) is 3. The van der Waals surface area contributed by atoms with Gasteiger partial charge in [-0.15, -0.1) is 35.5 Å². The van der Waals surface area contributed by atoms with E-state index < -0.39 is 0 Å². The quantitative estimate of drug-likeness (QED) is 0.697. The van der Waals surface area contributed by atoms with Crippen molar-refractivity contribution in [2.75, 3.05) is 13.1 Å². The maximum absolute atomic E-state index is 12.3. The smallest absolute Gasteiger partial charge is 0.259 e. The first kappa shape index (κ1) is 21.2. The number of piperidine rings is 1. The molecule has 2 aromatic rings. The van der Waals surface area contributed by atoms with Crippen LogP contribution in [0.1, 0.15) is 36.0 Å². The second kappa shape index (κ2) is 9.21. The lowest BCUT2D eigenvalue weighted by Crippen LogP contribution is -2.47. The number of thioether (sulfide) groups is 1. The molecule has 0 saturated carbocycles. The number of carbonyl (C=O) groups excluding carboxylic acids is 1. The van der Waals surface area contributed by atoms with Crippen LogP contribution in [-0.4, -0.2) is 40.3 Å². The Balaban J connectivity index is 0.00000243. The van der Waals surface area contributed by atoms with Crippen LogP contribution in [0.2, 0.25) is 0 Å². The van der Waals surface area contributed by atoms with E-state index in [9.17, 15) is 9.59 Å². The summed E-state index contributed by atoms with van der Waals surface area (Å²) in [7, 11) is 0. The van der Waals surface area contributed by atoms with E-state index in [2.05, 4.69) is 20.6 Å². The minimum atomic E-state index is -0.185. The predicted molar refractivity (Wildman–Crippen MR) is 112 cm³/mol. The van der Waals surface area contributed by atoms with Crippen molar-refractivity contribution in [3.05, 3.63) is 26.6 Å². The number of rotatable bonds is 5. The molecule has 1 amide bonds. The van der Waals surface area contributed by atoms with Crippen molar-refractivity contribution in [3.8, 4) is 0 Å². The van der Waals surface area contributed by atoms with E-state index in [-0.39, 0.29) is 35.2 Å². The molecule has 0 spiro atoms. The molecule has 1 aliphatic rings. The van der Waals surface area contributed by atoms with Crippen molar-refractivity contribution < 1.29 is 4.79 Å². The van der Waals surface area contributed by atoms with Gasteiger partial charge in [-0.05, 0) is 45.7 Å². The monoisotopic (exact) mass is 416 g/mol. The second-order valence-electron chi connectivity index (χ2n) is 6.48. The summed E-state index contributed by atoms with van der Waals surface area (Å²) in [5.74, 6) is 1.19. The average molecular weight is 417 g/mol. The molecule has 3 rings (SSSR count). The van der Waals surface area contributed by atoms with Gasteiger partial charge >= 0.3 is 0 Å². The minimum Gasteiger partial charge on any atom is -0.351 e. The van der Waals surface area contributed by atoms with Gasteiger partial charge in [0, 0.05) is 17.5 Å². The number of fused-ring (bicyclic) bond motifs is 1. The summed E-state index contributed by atoms with van der Waals surface area (Å²) >= 11 is 3.04. The molecule has 3 N–H and O–H groups in total. The Morgan fingerprint density at radius 2 is 2.23 bits per heavy atom. The summed E-state index contributed by atoms with van der Waals surface area (Å²) < 4.78 is 0. The normalized spacial score (nSPS) is 18.3. The van der Waals surface area contributed by atoms with Crippen LogP contribution in [0.3, 0.4) is 0 Å². The topological polar surface area (TPSA) is 86.9 Å². The van der Waals surface area contributed by atoms with E-state index in [0.29, 0.717) is 17.0 Å². The molecule has 2 unspecified atom stereocenters. The number of aromatic amines is 1. The largest absolute Gasteiger partial charge is 0.351 e. The first-order valence-corrected chi connectivity index (χ1v) is 10.4. The van der Waals surface area contributed by atoms with Crippen molar-refractivity contribution in [1.82, 2.24) is 20.6 Å². The number of hydrogen-bond donors (Lipinski definition) is 3. The number of amides is 1. The van der Waals surface area contributed by atoms with Gasteiger partial charge in [-0.2, -0.15) is 0 Å². The van der Waals surface area contributed by atoms with E-state index in [1.54, 1.807) is 11.3 Å². The zero-order chi connectivity index (χ0) is 18.0. The Labute approximate surface area is 167 Å². The van der Waals surface area contributed by atoms with Crippen molar-refractivity contribution >= 4 is 51.6 Å². The van der Waals surface area contributed by atoms with Crippen molar-refractivity contribution in [1.29, 1.82) is 0 Å². The van der Waals surface area contributed by atoms with Crippen LogP contribution in [0.4, 0.5) is 0 Å². The molecule has 6 nitrogen and oxygen atoms in total. The Morgan fingerprint density at radius 3 is 2.92 bits per heavy atom. The number of hydrogen-bond acceptors (Lipinski definition) is 6. The lowest BCUT2D eigenvalue weighted by atomic mass is 10.1. The van der Waals surface area contributed by atoms with Gasteiger partial charge < -0.3 is 15.6 Å². The van der Waals surface area contributed by atoms with Crippen molar-refractivity contribution in [3.63, 3.8) is 0 Å². The zero-order valence-corrected chi connectivity index (χ0v) is 17.6. The molecule has 0 aliphatic carbocycles. The summed E-state index contributed by atoms with van der Waals surface area (Å²) in [6.07, 6.45) is 2.12. The standard InChI is InChI=1S/C17H24N4O2S2.ClH/c1-9-10(2)25-17-14(9)16(23)20-13(21-17)8-24-11(3)15(22)19-12-5-4-6-18-7-12;/h11-12,18H,4-8H2,1-3H3,(H,19,22)(H,20,21,23);1H. The predicted octanol–water partition coefficient (Wildman–Crippen LogP) is 2.51. The summed E-state index contributed by atoms with van der Waals surface area (Å²) in [6.45, 7) is 7.71. The highest BCUT2D eigenvalue weighted by atomic mass is 35.5. The molecule has 2 aromatic heterocycles. The molecule has 1 saturated heterocycles. The average Bonchev–Trinajstić information content (AvgIpc) is 2.88. The summed E-state index contributed by atoms with van der Waals surface area (Å²) in [5.41, 5.74) is 0.912. The molecule has 2 atom stereocenters. The van der Waals surface area contributed by atoms with Crippen molar-refractivity contribution in [2.45, 2.75) is 50.7 Å². The van der Waals surface area contributed by atoms with Gasteiger partial charge in [0.1, 0.15) is 10.7 Å². The zero-order valence-electron chi connectivity index (χ0n) is 15.2. The molecule has 0 bridgehead atoms. The van der Waals surface area contributed by atoms with Crippen LogP contribution in [0, 0.1) is 13.8 Å². The summed E-state index contributed by atoms with van der Waals surface area (Å²) in [6, 6.07) is 0.218. The third-order valence-electron chi connectivity index (χ3n) is 4.57. The molecule has 1 fully saturated rings. The van der Waals surface area contributed by atoms with Gasteiger partial charge in [-0.3, -0.25) is 9.59 Å². The Bertz CT molecular complexity index is 830. The first-order chi connectivity index (χ1) is 12.0. The highest BCUT2D eigenvalue weighted by Crippen LogP contribution is 2.26. The van der Waals surface area contributed by atoms with Gasteiger partial charge in [0.05, 0.1) is 16.4 Å². The molecule has 0 radical (unpaired) electrons. The molecular weight excluding hydrogens is 392 g/mol. The molecule has 1 aliphatic heterocycles. The number of nitrogens with zero attached hydrogens (tertiary/aromatic N) is 1. The molecule has 26 heavy (non-hydrogen) atoms. The Hall–Kier alpha value is -1.09. The van der Waals surface area contributed by atoms with Crippen LogP contribution in [0.15, 0.2) is 4.79 Å². The summed E-state index contributed by atoms with van der Waals surface area (Å²) in [5, 5.41) is 6.89. The van der Waals surface area contributed by atoms with Gasteiger partial charge in [0.2, 0.25) is 5.91 Å². The number of aromatic nitrogens is 2. The SMILES string of the molecule is Cc1sc2nc(CSC(C)C(=O)NC3CCCNC3)[nH]c(=O)c2c1C.Cl. The van der Waals surface area contributed by atoms with E-state index in [0.717, 1.165) is 41.2 Å². The fraction of sp³-hybridized carbons (Fsp3) is 0.588. The number of halogens is 1. The van der Waals surface area contributed by atoms with E-state index in [1.807, 2.05) is 20.8 Å². The lowest BCUT2D eigenvalue weighted by Gasteiger charge is -2.25. The fourth-order valence-corrected chi connectivity index (χ4v) is 4.75. The maximum atomic E-state index is 12.3. The molecule has 0 aromatic carbocycles. The molecule has 144 valence electrons. The number of carbonyl (C=O) groups is 1. The van der Waals surface area contributed by atoms with E-state index in [4.69, 9.17) is 0 Å². The van der Waals surface area contributed by atoms with E-state index in [1.165, 1.54) is 11.8 Å². The first-order valence-electron chi connectivity index (χ1n) is 8.57. The highest BCUT2D eigenvalue weighted by molar-refractivity contribution is 7.99. The third-order valence-corrected chi connectivity index (χ3v) is 6.83. The van der Waals surface area contributed by atoms with Crippen molar-refractivity contribution in [2.24, 2.45) is 0 Å². The number of aryl methyl sites for hydroxylation is 2. The fourth-order valence-electron chi connectivity index (χ4n) is 2.94. The van der Waals surface area contributed by atoms with Crippen LogP contribution < -0.4 is 16.2 Å². The number of thiophene rings is 1. The van der Waals surface area contributed by atoms with Gasteiger partial charge in [-0.1, -0.05) is 0 Å². The Kier molecular flexibility index (Phi) is 7.52. The van der Waals surface area contributed by atoms with Gasteiger partial charge in [0.25, 0.3) is 5.56 Å². The molecule has 3 heterocycles. The minimum absolute atomic E-state index is 0. The molecule has 9 heteroatoms. The van der Waals surface area contributed by atoms with Crippen LogP contribution in [0.5, 0.6) is 0 Å².